The minimum atomic E-state index is -0.337. The van der Waals surface area contributed by atoms with E-state index in [9.17, 15) is 5.11 Å². The fraction of sp³-hybridized carbons (Fsp3) is 0.375. The smallest absolute Gasteiger partial charge is 0.145 e. The molecule has 3 atom stereocenters. The van der Waals surface area contributed by atoms with Gasteiger partial charge in [0.1, 0.15) is 18.0 Å². The summed E-state index contributed by atoms with van der Waals surface area (Å²) in [4.78, 5) is 0. The molecular formula is C16H20O3. The molecule has 1 aromatic rings. The van der Waals surface area contributed by atoms with Crippen molar-refractivity contribution in [2.24, 2.45) is 0 Å². The van der Waals surface area contributed by atoms with Crippen molar-refractivity contribution in [3.8, 4) is 5.75 Å². The molecule has 1 heterocycles. The molecule has 0 bridgehead atoms. The first kappa shape index (κ1) is 13.8. The molecule has 102 valence electrons. The van der Waals surface area contributed by atoms with Gasteiger partial charge in [-0.3, -0.25) is 0 Å². The summed E-state index contributed by atoms with van der Waals surface area (Å²) in [6.07, 6.45) is 5.86. The number of rotatable bonds is 5. The quantitative estimate of drug-likeness (QED) is 0.827. The Bertz CT molecular complexity index is 436. The SMILES string of the molecule is C=CC[C@@H]1C=C[C@H](Oc2ccc(C)cc2)[C@@H](CO)O1. The third kappa shape index (κ3) is 3.69. The van der Waals surface area contributed by atoms with Crippen LogP contribution in [0.2, 0.25) is 0 Å². The lowest BCUT2D eigenvalue weighted by Crippen LogP contribution is -2.41. The van der Waals surface area contributed by atoms with E-state index in [1.807, 2.05) is 49.4 Å². The topological polar surface area (TPSA) is 38.7 Å². The first-order valence-corrected chi connectivity index (χ1v) is 6.52. The van der Waals surface area contributed by atoms with E-state index in [0.717, 1.165) is 12.2 Å². The van der Waals surface area contributed by atoms with Crippen LogP contribution in [0.15, 0.2) is 49.1 Å². The highest BCUT2D eigenvalue weighted by atomic mass is 16.6. The molecule has 0 radical (unpaired) electrons. The van der Waals surface area contributed by atoms with Crippen LogP contribution in [0.3, 0.4) is 0 Å². The second kappa shape index (κ2) is 6.55. The van der Waals surface area contributed by atoms with Gasteiger partial charge in [0, 0.05) is 0 Å². The van der Waals surface area contributed by atoms with Crippen LogP contribution in [0.4, 0.5) is 0 Å². The van der Waals surface area contributed by atoms with E-state index >= 15 is 0 Å². The summed E-state index contributed by atoms with van der Waals surface area (Å²) >= 11 is 0. The van der Waals surface area contributed by atoms with Gasteiger partial charge in [-0.25, -0.2) is 0 Å². The van der Waals surface area contributed by atoms with Crippen LogP contribution in [0.1, 0.15) is 12.0 Å². The molecule has 2 rings (SSSR count). The van der Waals surface area contributed by atoms with E-state index < -0.39 is 0 Å². The van der Waals surface area contributed by atoms with Gasteiger partial charge in [0.25, 0.3) is 0 Å². The van der Waals surface area contributed by atoms with Crippen molar-refractivity contribution in [2.75, 3.05) is 6.61 Å². The Kier molecular flexibility index (Phi) is 4.77. The summed E-state index contributed by atoms with van der Waals surface area (Å²) in [5.74, 6) is 0.782. The van der Waals surface area contributed by atoms with Crippen molar-refractivity contribution < 1.29 is 14.6 Å². The van der Waals surface area contributed by atoms with Crippen LogP contribution >= 0.6 is 0 Å². The Morgan fingerprint density at radius 3 is 2.68 bits per heavy atom. The molecule has 1 N–H and O–H groups in total. The molecule has 0 saturated heterocycles. The van der Waals surface area contributed by atoms with E-state index in [4.69, 9.17) is 9.47 Å². The molecule has 1 aliphatic rings. The van der Waals surface area contributed by atoms with Crippen molar-refractivity contribution in [1.82, 2.24) is 0 Å². The molecule has 3 heteroatoms. The summed E-state index contributed by atoms with van der Waals surface area (Å²) < 4.78 is 11.6. The Balaban J connectivity index is 2.04. The van der Waals surface area contributed by atoms with Gasteiger partial charge >= 0.3 is 0 Å². The van der Waals surface area contributed by atoms with Gasteiger partial charge in [-0.15, -0.1) is 6.58 Å². The van der Waals surface area contributed by atoms with Crippen molar-refractivity contribution in [3.05, 3.63) is 54.6 Å². The molecule has 0 spiro atoms. The molecule has 1 aromatic carbocycles. The summed E-state index contributed by atoms with van der Waals surface area (Å²) in [5, 5.41) is 9.40. The molecule has 3 nitrogen and oxygen atoms in total. The third-order valence-electron chi connectivity index (χ3n) is 3.10. The maximum Gasteiger partial charge on any atom is 0.145 e. The molecule has 0 amide bonds. The monoisotopic (exact) mass is 260 g/mol. The van der Waals surface area contributed by atoms with Gasteiger partial charge in [0.2, 0.25) is 0 Å². The van der Waals surface area contributed by atoms with Gasteiger partial charge < -0.3 is 14.6 Å². The summed E-state index contributed by atoms with van der Waals surface area (Å²) in [6.45, 7) is 5.66. The van der Waals surface area contributed by atoms with E-state index in [1.165, 1.54) is 5.56 Å². The van der Waals surface area contributed by atoms with Crippen molar-refractivity contribution >= 4 is 0 Å². The molecular weight excluding hydrogens is 240 g/mol. The van der Waals surface area contributed by atoms with E-state index in [-0.39, 0.29) is 24.9 Å². The van der Waals surface area contributed by atoms with Gasteiger partial charge in [-0.1, -0.05) is 29.8 Å². The highest BCUT2D eigenvalue weighted by molar-refractivity contribution is 5.27. The number of benzene rings is 1. The van der Waals surface area contributed by atoms with Gasteiger partial charge in [0.15, 0.2) is 0 Å². The number of hydrogen-bond donors (Lipinski definition) is 1. The first-order valence-electron chi connectivity index (χ1n) is 6.52. The van der Waals surface area contributed by atoms with Gasteiger partial charge in [-0.05, 0) is 31.6 Å². The largest absolute Gasteiger partial charge is 0.484 e. The number of ether oxygens (including phenoxy) is 2. The number of aliphatic hydroxyl groups is 1. The molecule has 0 unspecified atom stereocenters. The number of hydrogen-bond acceptors (Lipinski definition) is 3. The number of aryl methyl sites for hydroxylation is 1. The highest BCUT2D eigenvalue weighted by Gasteiger charge is 2.27. The van der Waals surface area contributed by atoms with E-state index in [2.05, 4.69) is 6.58 Å². The summed E-state index contributed by atoms with van der Waals surface area (Å²) in [5.41, 5.74) is 1.19. The summed E-state index contributed by atoms with van der Waals surface area (Å²) in [7, 11) is 0. The van der Waals surface area contributed by atoms with E-state index in [1.54, 1.807) is 0 Å². The highest BCUT2D eigenvalue weighted by Crippen LogP contribution is 2.21. The van der Waals surface area contributed by atoms with Crippen LogP contribution in [-0.4, -0.2) is 30.0 Å². The second-order valence-electron chi connectivity index (χ2n) is 4.70. The number of aliphatic hydroxyl groups excluding tert-OH is 1. The van der Waals surface area contributed by atoms with Crippen molar-refractivity contribution in [3.63, 3.8) is 0 Å². The Morgan fingerprint density at radius 1 is 1.32 bits per heavy atom. The minimum absolute atomic E-state index is 0.0208. The summed E-state index contributed by atoms with van der Waals surface area (Å²) in [6, 6.07) is 7.84. The maximum atomic E-state index is 9.40. The van der Waals surface area contributed by atoms with Crippen molar-refractivity contribution in [2.45, 2.75) is 31.7 Å². The van der Waals surface area contributed by atoms with Gasteiger partial charge in [-0.2, -0.15) is 0 Å². The molecule has 0 aromatic heterocycles. The lowest BCUT2D eigenvalue weighted by Gasteiger charge is -2.31. The van der Waals surface area contributed by atoms with Crippen LogP contribution < -0.4 is 4.74 Å². The normalized spacial score (nSPS) is 26.1. The second-order valence-corrected chi connectivity index (χ2v) is 4.70. The Labute approximate surface area is 114 Å². The predicted octanol–water partition coefficient (Wildman–Crippen LogP) is 2.63. The maximum absolute atomic E-state index is 9.40. The van der Waals surface area contributed by atoms with E-state index in [0.29, 0.717) is 0 Å². The van der Waals surface area contributed by atoms with Crippen LogP contribution in [-0.2, 0) is 4.74 Å². The zero-order valence-electron chi connectivity index (χ0n) is 11.2. The fourth-order valence-corrected chi connectivity index (χ4v) is 2.04. The Hall–Kier alpha value is -1.58. The predicted molar refractivity (Wildman–Crippen MR) is 75.3 cm³/mol. The Morgan fingerprint density at radius 2 is 2.05 bits per heavy atom. The van der Waals surface area contributed by atoms with Gasteiger partial charge in [0.05, 0.1) is 12.7 Å². The lowest BCUT2D eigenvalue weighted by molar-refractivity contribution is -0.0705. The standard InChI is InChI=1S/C16H20O3/c1-3-4-13-9-10-15(16(11-17)19-13)18-14-7-5-12(2)6-8-14/h3,5-10,13,15-17H,1,4,11H2,2H3/t13-,15+,16-/m1/s1. The van der Waals surface area contributed by atoms with Crippen LogP contribution in [0.5, 0.6) is 5.75 Å². The third-order valence-corrected chi connectivity index (χ3v) is 3.10. The lowest BCUT2D eigenvalue weighted by atomic mass is 10.1. The van der Waals surface area contributed by atoms with Crippen molar-refractivity contribution in [1.29, 1.82) is 0 Å². The molecule has 19 heavy (non-hydrogen) atoms. The average Bonchev–Trinajstić information content (AvgIpc) is 2.43. The molecule has 0 fully saturated rings. The van der Waals surface area contributed by atoms with Crippen LogP contribution in [0.25, 0.3) is 0 Å². The zero-order valence-corrected chi connectivity index (χ0v) is 11.2. The molecule has 0 saturated carbocycles. The fourth-order valence-electron chi connectivity index (χ4n) is 2.04. The minimum Gasteiger partial charge on any atom is -0.484 e. The first-order chi connectivity index (χ1) is 9.22. The zero-order chi connectivity index (χ0) is 13.7. The molecule has 1 aliphatic heterocycles. The molecule has 0 aliphatic carbocycles. The van der Waals surface area contributed by atoms with Crippen LogP contribution in [0, 0.1) is 6.92 Å². The average molecular weight is 260 g/mol.